The second-order valence-electron chi connectivity index (χ2n) is 6.75. The molecule has 0 spiro atoms. The summed E-state index contributed by atoms with van der Waals surface area (Å²) in [6, 6.07) is 2.09. The second-order valence-corrected chi connectivity index (χ2v) is 6.75. The van der Waals surface area contributed by atoms with E-state index in [0.717, 1.165) is 51.9 Å². The number of rotatable bonds is 4. The van der Waals surface area contributed by atoms with Crippen molar-refractivity contribution in [2.45, 2.75) is 50.7 Å². The molecule has 1 amide bonds. The summed E-state index contributed by atoms with van der Waals surface area (Å²) in [5.74, 6) is 0.123. The summed E-state index contributed by atoms with van der Waals surface area (Å²) in [5.41, 5.74) is 0.676. The number of furan rings is 1. The largest absolute Gasteiger partial charge is 0.472 e. The lowest BCUT2D eigenvalue weighted by atomic mass is 10.0. The smallest absolute Gasteiger partial charge is 0.257 e. The summed E-state index contributed by atoms with van der Waals surface area (Å²) in [6.07, 6.45) is 10.4. The van der Waals surface area contributed by atoms with Crippen molar-refractivity contribution >= 4 is 5.91 Å². The van der Waals surface area contributed by atoms with Gasteiger partial charge in [-0.2, -0.15) is 0 Å². The first-order valence-electron chi connectivity index (χ1n) is 8.86. The SMILES string of the molecule is COC1CCN(CC2CCCCCN2C(=O)c2ccoc2)CC1. The van der Waals surface area contributed by atoms with Gasteiger partial charge in [0, 0.05) is 39.3 Å². The Morgan fingerprint density at radius 3 is 2.74 bits per heavy atom. The van der Waals surface area contributed by atoms with Gasteiger partial charge in [0.2, 0.25) is 0 Å². The first-order chi connectivity index (χ1) is 11.3. The molecule has 23 heavy (non-hydrogen) atoms. The van der Waals surface area contributed by atoms with Crippen molar-refractivity contribution in [1.29, 1.82) is 0 Å². The van der Waals surface area contributed by atoms with Crippen molar-refractivity contribution in [1.82, 2.24) is 9.80 Å². The van der Waals surface area contributed by atoms with Gasteiger partial charge in [-0.25, -0.2) is 0 Å². The molecule has 2 saturated heterocycles. The number of piperidine rings is 1. The molecule has 0 N–H and O–H groups in total. The van der Waals surface area contributed by atoms with Crippen LogP contribution in [0.2, 0.25) is 0 Å². The van der Waals surface area contributed by atoms with Gasteiger partial charge in [-0.3, -0.25) is 4.79 Å². The molecule has 1 atom stereocenters. The average molecular weight is 320 g/mol. The molecule has 0 saturated carbocycles. The second kappa shape index (κ2) is 7.97. The van der Waals surface area contributed by atoms with Crippen molar-refractivity contribution in [3.8, 4) is 0 Å². The van der Waals surface area contributed by atoms with Gasteiger partial charge in [-0.05, 0) is 31.7 Å². The van der Waals surface area contributed by atoms with Crippen LogP contribution in [0, 0.1) is 0 Å². The van der Waals surface area contributed by atoms with Crippen LogP contribution in [0.25, 0.3) is 0 Å². The fraction of sp³-hybridized carbons (Fsp3) is 0.722. The van der Waals surface area contributed by atoms with E-state index in [1.54, 1.807) is 25.7 Å². The predicted molar refractivity (Wildman–Crippen MR) is 88.5 cm³/mol. The van der Waals surface area contributed by atoms with Crippen molar-refractivity contribution in [2.24, 2.45) is 0 Å². The Morgan fingerprint density at radius 1 is 1.22 bits per heavy atom. The number of carbonyl (C=O) groups excluding carboxylic acids is 1. The molecule has 1 aromatic heterocycles. The molecule has 1 unspecified atom stereocenters. The summed E-state index contributed by atoms with van der Waals surface area (Å²) in [5, 5.41) is 0. The van der Waals surface area contributed by atoms with Crippen LogP contribution in [0.5, 0.6) is 0 Å². The molecule has 2 fully saturated rings. The number of hydrogen-bond donors (Lipinski definition) is 0. The lowest BCUT2D eigenvalue weighted by Gasteiger charge is -2.37. The monoisotopic (exact) mass is 320 g/mol. The molecule has 1 aromatic rings. The summed E-state index contributed by atoms with van der Waals surface area (Å²) >= 11 is 0. The summed E-state index contributed by atoms with van der Waals surface area (Å²) < 4.78 is 10.6. The number of carbonyl (C=O) groups is 1. The van der Waals surface area contributed by atoms with Crippen molar-refractivity contribution in [3.63, 3.8) is 0 Å². The zero-order valence-corrected chi connectivity index (χ0v) is 14.1. The van der Waals surface area contributed by atoms with Crippen LogP contribution < -0.4 is 0 Å². The summed E-state index contributed by atoms with van der Waals surface area (Å²) in [4.78, 5) is 17.4. The zero-order valence-electron chi connectivity index (χ0n) is 14.1. The Bertz CT molecular complexity index is 480. The van der Waals surface area contributed by atoms with Gasteiger partial charge < -0.3 is 19.0 Å². The highest BCUT2D eigenvalue weighted by Crippen LogP contribution is 2.22. The highest BCUT2D eigenvalue weighted by atomic mass is 16.5. The summed E-state index contributed by atoms with van der Waals surface area (Å²) in [6.45, 7) is 3.99. The fourth-order valence-corrected chi connectivity index (χ4v) is 3.81. The van der Waals surface area contributed by atoms with Gasteiger partial charge >= 0.3 is 0 Å². The van der Waals surface area contributed by atoms with Crippen LogP contribution in [0.3, 0.4) is 0 Å². The first-order valence-corrected chi connectivity index (χ1v) is 8.86. The van der Waals surface area contributed by atoms with E-state index in [2.05, 4.69) is 9.80 Å². The Hall–Kier alpha value is -1.33. The minimum Gasteiger partial charge on any atom is -0.472 e. The lowest BCUT2D eigenvalue weighted by molar-refractivity contribution is 0.0291. The number of likely N-dealkylation sites (tertiary alicyclic amines) is 2. The minimum absolute atomic E-state index is 0.123. The van der Waals surface area contributed by atoms with E-state index in [4.69, 9.17) is 9.15 Å². The molecule has 3 heterocycles. The Labute approximate surface area is 138 Å². The van der Waals surface area contributed by atoms with E-state index in [-0.39, 0.29) is 5.91 Å². The van der Waals surface area contributed by atoms with E-state index in [1.807, 2.05) is 0 Å². The van der Waals surface area contributed by atoms with Crippen LogP contribution in [-0.2, 0) is 4.74 Å². The average Bonchev–Trinajstić information content (AvgIpc) is 3.03. The van der Waals surface area contributed by atoms with Gasteiger partial charge in [-0.1, -0.05) is 12.8 Å². The van der Waals surface area contributed by atoms with E-state index < -0.39 is 0 Å². The van der Waals surface area contributed by atoms with E-state index in [0.29, 0.717) is 17.7 Å². The first kappa shape index (κ1) is 16.5. The third kappa shape index (κ3) is 4.15. The normalized spacial score (nSPS) is 24.6. The minimum atomic E-state index is 0.123. The molecule has 5 heteroatoms. The van der Waals surface area contributed by atoms with Crippen LogP contribution in [0.1, 0.15) is 48.9 Å². The van der Waals surface area contributed by atoms with Gasteiger partial charge in [0.25, 0.3) is 5.91 Å². The third-order valence-electron chi connectivity index (χ3n) is 5.24. The van der Waals surface area contributed by atoms with Crippen LogP contribution in [0.15, 0.2) is 23.0 Å². The van der Waals surface area contributed by atoms with Gasteiger partial charge in [0.1, 0.15) is 6.26 Å². The van der Waals surface area contributed by atoms with Gasteiger partial charge in [0.05, 0.1) is 17.9 Å². The van der Waals surface area contributed by atoms with Crippen molar-refractivity contribution in [3.05, 3.63) is 24.2 Å². The van der Waals surface area contributed by atoms with Crippen LogP contribution >= 0.6 is 0 Å². The molecule has 128 valence electrons. The highest BCUT2D eigenvalue weighted by molar-refractivity contribution is 5.94. The van der Waals surface area contributed by atoms with E-state index >= 15 is 0 Å². The zero-order chi connectivity index (χ0) is 16.1. The lowest BCUT2D eigenvalue weighted by Crippen LogP contribution is -2.49. The van der Waals surface area contributed by atoms with Crippen molar-refractivity contribution < 1.29 is 13.9 Å². The van der Waals surface area contributed by atoms with E-state index in [1.165, 1.54) is 12.8 Å². The van der Waals surface area contributed by atoms with Crippen LogP contribution in [0.4, 0.5) is 0 Å². The van der Waals surface area contributed by atoms with Crippen LogP contribution in [-0.4, -0.2) is 61.1 Å². The Morgan fingerprint density at radius 2 is 2.04 bits per heavy atom. The molecule has 0 bridgehead atoms. The maximum Gasteiger partial charge on any atom is 0.257 e. The molecule has 5 nitrogen and oxygen atoms in total. The standard InChI is InChI=1S/C18H28N2O3/c1-22-17-6-10-19(11-7-17)13-16-5-3-2-4-9-20(16)18(21)15-8-12-23-14-15/h8,12,14,16-17H,2-7,9-11,13H2,1H3. The molecule has 2 aliphatic rings. The van der Waals surface area contributed by atoms with E-state index in [9.17, 15) is 4.79 Å². The molecule has 3 rings (SSSR count). The number of amides is 1. The number of methoxy groups -OCH3 is 1. The highest BCUT2D eigenvalue weighted by Gasteiger charge is 2.29. The third-order valence-corrected chi connectivity index (χ3v) is 5.24. The fourth-order valence-electron chi connectivity index (χ4n) is 3.81. The Kier molecular flexibility index (Phi) is 5.73. The molecule has 0 aliphatic carbocycles. The maximum atomic E-state index is 12.8. The summed E-state index contributed by atoms with van der Waals surface area (Å²) in [7, 11) is 1.80. The van der Waals surface area contributed by atoms with Gasteiger partial charge in [-0.15, -0.1) is 0 Å². The number of ether oxygens (including phenoxy) is 1. The topological polar surface area (TPSA) is 45.9 Å². The predicted octanol–water partition coefficient (Wildman–Crippen LogP) is 2.78. The molecule has 0 radical (unpaired) electrons. The number of nitrogens with zero attached hydrogens (tertiary/aromatic N) is 2. The number of hydrogen-bond acceptors (Lipinski definition) is 4. The van der Waals surface area contributed by atoms with Gasteiger partial charge in [0.15, 0.2) is 0 Å². The molecule has 0 aromatic carbocycles. The maximum absolute atomic E-state index is 12.8. The molecule has 2 aliphatic heterocycles. The van der Waals surface area contributed by atoms with Crippen molar-refractivity contribution in [2.75, 3.05) is 33.3 Å². The quantitative estimate of drug-likeness (QED) is 0.856. The molecular formula is C18H28N2O3. The molecular weight excluding hydrogens is 292 g/mol. The Balaban J connectivity index is 1.63.